The fourth-order valence-corrected chi connectivity index (χ4v) is 3.64. The summed E-state index contributed by atoms with van der Waals surface area (Å²) >= 11 is 1.59. The van der Waals surface area contributed by atoms with Gasteiger partial charge >= 0.3 is 0 Å². The summed E-state index contributed by atoms with van der Waals surface area (Å²) in [4.78, 5) is 17.5. The van der Waals surface area contributed by atoms with E-state index in [0.29, 0.717) is 17.8 Å². The number of rotatable bonds is 5. The quantitative estimate of drug-likeness (QED) is 0.864. The highest BCUT2D eigenvalue weighted by Crippen LogP contribution is 2.26. The van der Waals surface area contributed by atoms with Crippen molar-refractivity contribution in [1.29, 1.82) is 0 Å². The van der Waals surface area contributed by atoms with E-state index in [0.717, 1.165) is 37.0 Å². The molecule has 7 nitrogen and oxygen atoms in total. The van der Waals surface area contributed by atoms with Crippen LogP contribution < -0.4 is 11.1 Å². The third-order valence-corrected chi connectivity index (χ3v) is 5.03. The molecule has 1 aliphatic rings. The summed E-state index contributed by atoms with van der Waals surface area (Å²) in [5.74, 6) is -0.180. The van der Waals surface area contributed by atoms with E-state index in [-0.39, 0.29) is 11.9 Å². The van der Waals surface area contributed by atoms with Crippen LogP contribution in [-0.4, -0.2) is 38.0 Å². The summed E-state index contributed by atoms with van der Waals surface area (Å²) in [6, 6.07) is 0.629. The Labute approximate surface area is 139 Å². The molecule has 0 radical (unpaired) electrons. The van der Waals surface area contributed by atoms with Gasteiger partial charge in [-0.3, -0.25) is 9.78 Å². The molecule has 23 heavy (non-hydrogen) atoms. The standard InChI is InChI=1S/C15H22N6OS/c1-10(6-13-7-17-9-23-13)18-15(22)14-8-21(20-19-14)12-4-2-11(16)3-5-12/h7-12H,2-6,16H2,1H3,(H,18,22). The molecule has 0 saturated heterocycles. The first-order valence-electron chi connectivity index (χ1n) is 7.97. The van der Waals surface area contributed by atoms with Gasteiger partial charge in [0.15, 0.2) is 5.69 Å². The van der Waals surface area contributed by atoms with Gasteiger partial charge in [-0.1, -0.05) is 5.21 Å². The van der Waals surface area contributed by atoms with Gasteiger partial charge in [0.25, 0.3) is 5.91 Å². The van der Waals surface area contributed by atoms with Crippen LogP contribution in [0.2, 0.25) is 0 Å². The molecule has 1 unspecified atom stereocenters. The predicted molar refractivity (Wildman–Crippen MR) is 88.2 cm³/mol. The van der Waals surface area contributed by atoms with Crippen molar-refractivity contribution in [2.75, 3.05) is 0 Å². The average molecular weight is 334 g/mol. The van der Waals surface area contributed by atoms with E-state index in [1.165, 1.54) is 0 Å². The number of carbonyl (C=O) groups is 1. The molecular formula is C15H22N6OS. The first-order chi connectivity index (χ1) is 11.1. The highest BCUT2D eigenvalue weighted by Gasteiger charge is 2.22. The van der Waals surface area contributed by atoms with E-state index >= 15 is 0 Å². The van der Waals surface area contributed by atoms with Gasteiger partial charge in [0, 0.05) is 29.6 Å². The first kappa shape index (κ1) is 16.1. The summed E-state index contributed by atoms with van der Waals surface area (Å²) < 4.78 is 1.81. The molecule has 1 amide bonds. The smallest absolute Gasteiger partial charge is 0.273 e. The predicted octanol–water partition coefficient (Wildman–Crippen LogP) is 1.54. The number of nitrogens with two attached hydrogens (primary N) is 1. The molecule has 0 aliphatic heterocycles. The summed E-state index contributed by atoms with van der Waals surface area (Å²) in [5, 5.41) is 11.1. The van der Waals surface area contributed by atoms with Crippen molar-refractivity contribution in [3.05, 3.63) is 28.5 Å². The lowest BCUT2D eigenvalue weighted by Gasteiger charge is -2.25. The van der Waals surface area contributed by atoms with Gasteiger partial charge in [0.1, 0.15) is 0 Å². The highest BCUT2D eigenvalue weighted by atomic mass is 32.1. The number of hydrogen-bond donors (Lipinski definition) is 2. The molecule has 3 N–H and O–H groups in total. The second kappa shape index (κ2) is 7.18. The van der Waals surface area contributed by atoms with E-state index in [9.17, 15) is 4.79 Å². The molecule has 0 spiro atoms. The second-order valence-corrected chi connectivity index (χ2v) is 7.17. The maximum absolute atomic E-state index is 12.3. The summed E-state index contributed by atoms with van der Waals surface area (Å²) in [6.45, 7) is 1.98. The van der Waals surface area contributed by atoms with Crippen molar-refractivity contribution in [1.82, 2.24) is 25.3 Å². The summed E-state index contributed by atoms with van der Waals surface area (Å²) in [7, 11) is 0. The van der Waals surface area contributed by atoms with Crippen molar-refractivity contribution >= 4 is 17.2 Å². The molecule has 2 heterocycles. The van der Waals surface area contributed by atoms with Crippen LogP contribution in [0.15, 0.2) is 17.9 Å². The van der Waals surface area contributed by atoms with Gasteiger partial charge in [-0.25, -0.2) is 4.68 Å². The molecule has 2 aromatic heterocycles. The van der Waals surface area contributed by atoms with E-state index in [4.69, 9.17) is 5.73 Å². The fraction of sp³-hybridized carbons (Fsp3) is 0.600. The molecule has 124 valence electrons. The number of nitrogens with one attached hydrogen (secondary N) is 1. The van der Waals surface area contributed by atoms with Crippen LogP contribution in [0.3, 0.4) is 0 Å². The Bertz CT molecular complexity index is 632. The van der Waals surface area contributed by atoms with Crippen molar-refractivity contribution < 1.29 is 4.79 Å². The molecule has 1 saturated carbocycles. The van der Waals surface area contributed by atoms with Crippen LogP contribution in [0.25, 0.3) is 0 Å². The Morgan fingerprint density at radius 3 is 2.96 bits per heavy atom. The van der Waals surface area contributed by atoms with Crippen LogP contribution in [0.4, 0.5) is 0 Å². The Kier molecular flexibility index (Phi) is 5.02. The first-order valence-corrected chi connectivity index (χ1v) is 8.85. The third kappa shape index (κ3) is 4.14. The molecular weight excluding hydrogens is 312 g/mol. The average Bonchev–Trinajstić information content (AvgIpc) is 3.19. The zero-order valence-corrected chi connectivity index (χ0v) is 14.0. The number of carbonyl (C=O) groups excluding carboxylic acids is 1. The van der Waals surface area contributed by atoms with Crippen molar-refractivity contribution in [2.45, 2.75) is 57.2 Å². The molecule has 1 atom stereocenters. The van der Waals surface area contributed by atoms with E-state index in [1.807, 2.05) is 17.8 Å². The topological polar surface area (TPSA) is 98.7 Å². The Morgan fingerprint density at radius 1 is 1.48 bits per heavy atom. The lowest BCUT2D eigenvalue weighted by atomic mass is 9.92. The van der Waals surface area contributed by atoms with Gasteiger partial charge in [0.2, 0.25) is 0 Å². The SMILES string of the molecule is CC(Cc1cncs1)NC(=O)c1cn(C2CCC(N)CC2)nn1. The van der Waals surface area contributed by atoms with Crippen molar-refractivity contribution in [2.24, 2.45) is 5.73 Å². The zero-order valence-electron chi connectivity index (χ0n) is 13.2. The van der Waals surface area contributed by atoms with Gasteiger partial charge in [0.05, 0.1) is 17.7 Å². The normalized spacial score (nSPS) is 22.7. The number of thiazole rings is 1. The highest BCUT2D eigenvalue weighted by molar-refractivity contribution is 7.09. The van der Waals surface area contributed by atoms with E-state index < -0.39 is 0 Å². The van der Waals surface area contributed by atoms with Gasteiger partial charge in [-0.05, 0) is 32.6 Å². The molecule has 1 fully saturated rings. The third-order valence-electron chi connectivity index (χ3n) is 4.23. The van der Waals surface area contributed by atoms with Crippen LogP contribution in [-0.2, 0) is 6.42 Å². The Morgan fingerprint density at radius 2 is 2.26 bits per heavy atom. The molecule has 1 aliphatic carbocycles. The number of amides is 1. The molecule has 0 bridgehead atoms. The lowest BCUT2D eigenvalue weighted by Crippen LogP contribution is -2.34. The van der Waals surface area contributed by atoms with Gasteiger partial charge in [-0.15, -0.1) is 16.4 Å². The largest absolute Gasteiger partial charge is 0.348 e. The van der Waals surface area contributed by atoms with Crippen molar-refractivity contribution in [3.8, 4) is 0 Å². The number of nitrogens with zero attached hydrogens (tertiary/aromatic N) is 4. The van der Waals surface area contributed by atoms with Gasteiger partial charge < -0.3 is 11.1 Å². The van der Waals surface area contributed by atoms with Crippen LogP contribution in [0, 0.1) is 0 Å². The monoisotopic (exact) mass is 334 g/mol. The maximum Gasteiger partial charge on any atom is 0.273 e. The summed E-state index contributed by atoms with van der Waals surface area (Å²) in [5.41, 5.74) is 8.09. The van der Waals surface area contributed by atoms with Crippen molar-refractivity contribution in [3.63, 3.8) is 0 Å². The Hall–Kier alpha value is -1.80. The lowest BCUT2D eigenvalue weighted by molar-refractivity contribution is 0.0935. The van der Waals surface area contributed by atoms with Crippen LogP contribution in [0.5, 0.6) is 0 Å². The molecule has 2 aromatic rings. The second-order valence-electron chi connectivity index (χ2n) is 6.20. The molecule has 8 heteroatoms. The summed E-state index contributed by atoms with van der Waals surface area (Å²) in [6.07, 6.45) is 8.33. The van der Waals surface area contributed by atoms with Gasteiger partial charge in [-0.2, -0.15) is 0 Å². The Balaban J connectivity index is 1.55. The number of aromatic nitrogens is 4. The van der Waals surface area contributed by atoms with Crippen LogP contribution >= 0.6 is 11.3 Å². The van der Waals surface area contributed by atoms with E-state index in [1.54, 1.807) is 23.0 Å². The number of hydrogen-bond acceptors (Lipinski definition) is 6. The molecule has 3 rings (SSSR count). The minimum absolute atomic E-state index is 0.0285. The maximum atomic E-state index is 12.3. The minimum Gasteiger partial charge on any atom is -0.348 e. The molecule has 0 aromatic carbocycles. The zero-order chi connectivity index (χ0) is 16.2. The minimum atomic E-state index is -0.180. The van der Waals surface area contributed by atoms with E-state index in [2.05, 4.69) is 20.6 Å². The van der Waals surface area contributed by atoms with Crippen LogP contribution in [0.1, 0.15) is 54.0 Å². The fourth-order valence-electron chi connectivity index (χ4n) is 2.92.